The number of carbonyl (C=O) groups is 2. The summed E-state index contributed by atoms with van der Waals surface area (Å²) in [4.78, 5) is 20.8. The van der Waals surface area contributed by atoms with E-state index in [9.17, 15) is 9.59 Å². The molecule has 4 N–H and O–H groups in total. The molecule has 12 heavy (non-hydrogen) atoms. The summed E-state index contributed by atoms with van der Waals surface area (Å²) in [6, 6.07) is -0.869. The van der Waals surface area contributed by atoms with Crippen LogP contribution >= 0.6 is 11.6 Å². The van der Waals surface area contributed by atoms with Gasteiger partial charge in [-0.05, 0) is 0 Å². The van der Waals surface area contributed by atoms with Gasteiger partial charge in [0.1, 0.15) is 0 Å². The minimum atomic E-state index is -0.869. The largest absolute Gasteiger partial charge is 0.351 e. The Bertz CT molecular complexity index is 205. The zero-order valence-corrected chi connectivity index (χ0v) is 7.15. The average Bonchev–Trinajstić information content (AvgIpc) is 1.84. The van der Waals surface area contributed by atoms with Crippen LogP contribution in [0.4, 0.5) is 4.79 Å². The summed E-state index contributed by atoms with van der Waals surface area (Å²) >= 11 is 5.39. The summed E-state index contributed by atoms with van der Waals surface area (Å²) in [5.41, 5.74) is 4.68. The molecular weight excluding hydrogens is 182 g/mol. The van der Waals surface area contributed by atoms with Crippen molar-refractivity contribution in [3.8, 4) is 0 Å². The van der Waals surface area contributed by atoms with Crippen molar-refractivity contribution in [2.45, 2.75) is 0 Å². The molecule has 0 aliphatic heterocycles. The van der Waals surface area contributed by atoms with Crippen LogP contribution in [0.15, 0.2) is 11.6 Å². The summed E-state index contributed by atoms with van der Waals surface area (Å²) in [6.45, 7) is 3.69. The first-order valence-corrected chi connectivity index (χ1v) is 3.53. The lowest BCUT2D eigenvalue weighted by Gasteiger charge is -2.01. The molecule has 6 heteroatoms. The van der Waals surface area contributed by atoms with Crippen LogP contribution in [0.3, 0.4) is 0 Å². The lowest BCUT2D eigenvalue weighted by molar-refractivity contribution is -0.119. The van der Waals surface area contributed by atoms with Gasteiger partial charge in [-0.3, -0.25) is 10.1 Å². The highest BCUT2D eigenvalue weighted by atomic mass is 35.5. The molecule has 3 amide bonds. The number of carbonyl (C=O) groups excluding carboxylic acids is 2. The Kier molecular flexibility index (Phi) is 5.07. The van der Waals surface area contributed by atoms with Gasteiger partial charge in [-0.15, -0.1) is 0 Å². The number of urea groups is 1. The van der Waals surface area contributed by atoms with E-state index in [4.69, 9.17) is 11.6 Å². The van der Waals surface area contributed by atoms with Gasteiger partial charge >= 0.3 is 6.03 Å². The van der Waals surface area contributed by atoms with E-state index in [0.29, 0.717) is 11.6 Å². The molecule has 0 fully saturated rings. The van der Waals surface area contributed by atoms with Crippen LogP contribution in [0.25, 0.3) is 0 Å². The molecule has 0 aromatic rings. The topological polar surface area (TPSA) is 84.2 Å². The van der Waals surface area contributed by atoms with Crippen LogP contribution in [-0.2, 0) is 4.79 Å². The maximum atomic E-state index is 10.7. The molecule has 0 radical (unpaired) electrons. The molecule has 0 atom stereocenters. The van der Waals surface area contributed by atoms with Gasteiger partial charge in [0.15, 0.2) is 0 Å². The molecule has 0 aromatic heterocycles. The van der Waals surface area contributed by atoms with Crippen LogP contribution in [0.1, 0.15) is 0 Å². The highest BCUT2D eigenvalue weighted by Crippen LogP contribution is 1.90. The van der Waals surface area contributed by atoms with Crippen molar-refractivity contribution in [3.05, 3.63) is 11.6 Å². The predicted octanol–water partition coefficient (Wildman–Crippen LogP) is -0.477. The van der Waals surface area contributed by atoms with Crippen molar-refractivity contribution >= 4 is 23.5 Å². The molecule has 0 saturated carbocycles. The molecule has 5 nitrogen and oxygen atoms in total. The second-order valence-corrected chi connectivity index (χ2v) is 2.57. The summed E-state index contributed by atoms with van der Waals surface area (Å²) < 4.78 is 0. The van der Waals surface area contributed by atoms with Crippen molar-refractivity contribution in [3.63, 3.8) is 0 Å². The number of amides is 3. The van der Waals surface area contributed by atoms with Gasteiger partial charge in [0.25, 0.3) is 0 Å². The molecule has 0 unspecified atom stereocenters. The van der Waals surface area contributed by atoms with Crippen molar-refractivity contribution in [1.82, 2.24) is 10.6 Å². The molecule has 0 aromatic carbocycles. The van der Waals surface area contributed by atoms with Gasteiger partial charge in [0.2, 0.25) is 5.91 Å². The van der Waals surface area contributed by atoms with E-state index in [0.717, 1.165) is 0 Å². The summed E-state index contributed by atoms with van der Waals surface area (Å²) in [5.74, 6) is -0.500. The standard InChI is InChI=1S/C6H10ClN3O2/c1-4(7)2-9-3-5(11)10-6(8)12/h9H,1-3H2,(H3,8,10,11,12). The fourth-order valence-corrected chi connectivity index (χ4v) is 0.588. The Balaban J connectivity index is 3.44. The third-order valence-corrected chi connectivity index (χ3v) is 0.999. The van der Waals surface area contributed by atoms with Gasteiger partial charge in [-0.2, -0.15) is 0 Å². The number of nitrogens with one attached hydrogen (secondary N) is 2. The lowest BCUT2D eigenvalue weighted by Crippen LogP contribution is -2.40. The highest BCUT2D eigenvalue weighted by molar-refractivity contribution is 6.29. The summed E-state index contributed by atoms with van der Waals surface area (Å²) in [5, 5.41) is 4.91. The number of halogens is 1. The Morgan fingerprint density at radius 2 is 2.00 bits per heavy atom. The van der Waals surface area contributed by atoms with Crippen molar-refractivity contribution in [1.29, 1.82) is 0 Å². The normalized spacial score (nSPS) is 9.08. The fraction of sp³-hybridized carbons (Fsp3) is 0.333. The third kappa shape index (κ3) is 7.04. The van der Waals surface area contributed by atoms with E-state index in [2.05, 4.69) is 17.6 Å². The molecular formula is C6H10ClN3O2. The first-order valence-electron chi connectivity index (χ1n) is 3.15. The molecule has 0 bridgehead atoms. The number of hydrogen-bond donors (Lipinski definition) is 3. The quantitative estimate of drug-likeness (QED) is 0.562. The zero-order chi connectivity index (χ0) is 9.56. The van der Waals surface area contributed by atoms with Crippen LogP contribution in [0.5, 0.6) is 0 Å². The van der Waals surface area contributed by atoms with Crippen molar-refractivity contribution < 1.29 is 9.59 Å². The number of nitrogens with two attached hydrogens (primary N) is 1. The van der Waals surface area contributed by atoms with E-state index >= 15 is 0 Å². The lowest BCUT2D eigenvalue weighted by atomic mass is 10.5. The molecule has 0 aliphatic carbocycles. The van der Waals surface area contributed by atoms with E-state index in [1.165, 1.54) is 0 Å². The predicted molar refractivity (Wildman–Crippen MR) is 45.6 cm³/mol. The Morgan fingerprint density at radius 3 is 2.42 bits per heavy atom. The highest BCUT2D eigenvalue weighted by Gasteiger charge is 2.02. The number of rotatable bonds is 4. The number of hydrogen-bond acceptors (Lipinski definition) is 3. The third-order valence-electron chi connectivity index (χ3n) is 0.865. The number of primary amides is 1. The molecule has 0 saturated heterocycles. The average molecular weight is 192 g/mol. The molecule has 0 aliphatic rings. The molecule has 0 heterocycles. The Hall–Kier alpha value is -1.07. The van der Waals surface area contributed by atoms with Crippen molar-refractivity contribution in [2.75, 3.05) is 13.1 Å². The van der Waals surface area contributed by atoms with Crippen LogP contribution in [0.2, 0.25) is 0 Å². The van der Waals surface area contributed by atoms with E-state index in [1.54, 1.807) is 0 Å². The zero-order valence-electron chi connectivity index (χ0n) is 6.39. The SMILES string of the molecule is C=C(Cl)CNCC(=O)NC(N)=O. The minimum Gasteiger partial charge on any atom is -0.351 e. The summed E-state index contributed by atoms with van der Waals surface area (Å²) in [6.07, 6.45) is 0. The van der Waals surface area contributed by atoms with Gasteiger partial charge in [0.05, 0.1) is 6.54 Å². The maximum Gasteiger partial charge on any atom is 0.318 e. The van der Waals surface area contributed by atoms with Gasteiger partial charge in [-0.25, -0.2) is 4.79 Å². The van der Waals surface area contributed by atoms with Gasteiger partial charge < -0.3 is 11.1 Å². The Labute approximate surface area is 74.9 Å². The second-order valence-electron chi connectivity index (χ2n) is 2.03. The van der Waals surface area contributed by atoms with Gasteiger partial charge in [-0.1, -0.05) is 18.2 Å². The maximum absolute atomic E-state index is 10.7. The minimum absolute atomic E-state index is 0.0192. The van der Waals surface area contributed by atoms with E-state index in [1.807, 2.05) is 5.32 Å². The monoisotopic (exact) mass is 191 g/mol. The number of imide groups is 1. The smallest absolute Gasteiger partial charge is 0.318 e. The summed E-state index contributed by atoms with van der Waals surface area (Å²) in [7, 11) is 0. The van der Waals surface area contributed by atoms with E-state index < -0.39 is 11.9 Å². The first-order chi connectivity index (χ1) is 5.52. The van der Waals surface area contributed by atoms with Crippen LogP contribution < -0.4 is 16.4 Å². The van der Waals surface area contributed by atoms with Crippen molar-refractivity contribution in [2.24, 2.45) is 5.73 Å². The van der Waals surface area contributed by atoms with Crippen LogP contribution in [0, 0.1) is 0 Å². The van der Waals surface area contributed by atoms with E-state index in [-0.39, 0.29) is 6.54 Å². The fourth-order valence-electron chi connectivity index (χ4n) is 0.493. The Morgan fingerprint density at radius 1 is 1.42 bits per heavy atom. The second kappa shape index (κ2) is 5.56. The molecule has 0 rings (SSSR count). The molecule has 0 spiro atoms. The van der Waals surface area contributed by atoms with Crippen LogP contribution in [-0.4, -0.2) is 25.0 Å². The molecule has 68 valence electrons. The van der Waals surface area contributed by atoms with Gasteiger partial charge in [0, 0.05) is 11.6 Å². The first kappa shape index (κ1) is 10.9.